The van der Waals surface area contributed by atoms with E-state index in [1.807, 2.05) is 44.2 Å². The van der Waals surface area contributed by atoms with Gasteiger partial charge in [-0.1, -0.05) is 74.0 Å². The second-order valence-corrected chi connectivity index (χ2v) is 14.2. The van der Waals surface area contributed by atoms with Crippen LogP contribution in [0.2, 0.25) is 5.02 Å². The fourth-order valence-corrected chi connectivity index (χ4v) is 6.67. The van der Waals surface area contributed by atoms with Crippen molar-refractivity contribution in [3.05, 3.63) is 129 Å². The molecule has 0 radical (unpaired) electrons. The summed E-state index contributed by atoms with van der Waals surface area (Å²) >= 11 is 6.14. The molecule has 0 saturated carbocycles. The van der Waals surface area contributed by atoms with E-state index >= 15 is 0 Å². The van der Waals surface area contributed by atoms with Gasteiger partial charge in [-0.2, -0.15) is 0 Å². The SMILES string of the molecule is COc1ccc(N(CC(=O)N(Cc2ccc(Cl)cc2)[C@@H](Cc2ccccc2)C(=O)NCC(C)C)S(=O)(=O)c2ccc(C)c([N+](=O)[O-])c2)cc1. The van der Waals surface area contributed by atoms with Crippen LogP contribution >= 0.6 is 11.6 Å². The smallest absolute Gasteiger partial charge is 0.273 e. The molecule has 49 heavy (non-hydrogen) atoms. The fraction of sp³-hybridized carbons (Fsp3) is 0.278. The molecule has 4 aromatic carbocycles. The van der Waals surface area contributed by atoms with Crippen molar-refractivity contribution in [1.29, 1.82) is 0 Å². The molecular formula is C36H39ClN4O7S. The van der Waals surface area contributed by atoms with Gasteiger partial charge >= 0.3 is 0 Å². The number of hydrogen-bond donors (Lipinski definition) is 1. The lowest BCUT2D eigenvalue weighted by Gasteiger charge is -2.34. The molecule has 0 heterocycles. The molecule has 1 N–H and O–H groups in total. The fourth-order valence-electron chi connectivity index (χ4n) is 5.11. The Morgan fingerprint density at radius 2 is 1.59 bits per heavy atom. The van der Waals surface area contributed by atoms with Gasteiger partial charge in [-0.3, -0.25) is 24.0 Å². The van der Waals surface area contributed by atoms with Gasteiger partial charge in [0.25, 0.3) is 15.7 Å². The molecule has 0 saturated heterocycles. The van der Waals surface area contributed by atoms with Crippen LogP contribution in [0.5, 0.6) is 5.75 Å². The number of nitro groups is 1. The number of halogens is 1. The van der Waals surface area contributed by atoms with E-state index in [1.165, 1.54) is 43.2 Å². The Hall–Kier alpha value is -4.94. The normalized spacial score (nSPS) is 11.9. The van der Waals surface area contributed by atoms with Gasteiger partial charge in [0.1, 0.15) is 18.3 Å². The second kappa shape index (κ2) is 16.4. The molecule has 0 aliphatic rings. The summed E-state index contributed by atoms with van der Waals surface area (Å²) < 4.78 is 34.8. The number of carbonyl (C=O) groups is 2. The average Bonchev–Trinajstić information content (AvgIpc) is 3.08. The number of carbonyl (C=O) groups excluding carboxylic acids is 2. The lowest BCUT2D eigenvalue weighted by molar-refractivity contribution is -0.385. The van der Waals surface area contributed by atoms with Gasteiger partial charge in [-0.25, -0.2) is 8.42 Å². The molecule has 11 nitrogen and oxygen atoms in total. The molecule has 4 aromatic rings. The summed E-state index contributed by atoms with van der Waals surface area (Å²) in [4.78, 5) is 40.5. The topological polar surface area (TPSA) is 139 Å². The molecule has 0 aliphatic heterocycles. The third-order valence-electron chi connectivity index (χ3n) is 7.83. The number of sulfonamides is 1. The van der Waals surface area contributed by atoms with E-state index in [-0.39, 0.29) is 40.7 Å². The molecular weight excluding hydrogens is 668 g/mol. The number of anilines is 1. The number of methoxy groups -OCH3 is 1. The summed E-state index contributed by atoms with van der Waals surface area (Å²) in [6.45, 7) is 5.03. The molecule has 1 atom stereocenters. The summed E-state index contributed by atoms with van der Waals surface area (Å²) in [5.74, 6) is -0.479. The van der Waals surface area contributed by atoms with Crippen molar-refractivity contribution in [2.24, 2.45) is 5.92 Å². The maximum Gasteiger partial charge on any atom is 0.273 e. The lowest BCUT2D eigenvalue weighted by Crippen LogP contribution is -2.53. The zero-order chi connectivity index (χ0) is 35.7. The van der Waals surface area contributed by atoms with Crippen molar-refractivity contribution in [1.82, 2.24) is 10.2 Å². The molecule has 0 fully saturated rings. The number of nitro benzene ring substituents is 1. The van der Waals surface area contributed by atoms with E-state index in [4.69, 9.17) is 16.3 Å². The van der Waals surface area contributed by atoms with Crippen LogP contribution in [-0.4, -0.2) is 56.3 Å². The highest BCUT2D eigenvalue weighted by Crippen LogP contribution is 2.30. The van der Waals surface area contributed by atoms with E-state index in [0.717, 1.165) is 15.9 Å². The first-order valence-electron chi connectivity index (χ1n) is 15.6. The molecule has 13 heteroatoms. The van der Waals surface area contributed by atoms with Crippen LogP contribution in [0.3, 0.4) is 0 Å². The monoisotopic (exact) mass is 706 g/mol. The number of benzene rings is 4. The van der Waals surface area contributed by atoms with Crippen molar-refractivity contribution in [2.75, 3.05) is 24.5 Å². The minimum absolute atomic E-state index is 0.0326. The number of hydrogen-bond acceptors (Lipinski definition) is 7. The molecule has 4 rings (SSSR count). The third-order valence-corrected chi connectivity index (χ3v) is 9.85. The average molecular weight is 707 g/mol. The van der Waals surface area contributed by atoms with Crippen LogP contribution in [0.25, 0.3) is 0 Å². The summed E-state index contributed by atoms with van der Waals surface area (Å²) in [6, 6.07) is 24.7. The second-order valence-electron chi connectivity index (χ2n) is 11.9. The molecule has 258 valence electrons. The predicted octanol–water partition coefficient (Wildman–Crippen LogP) is 6.17. The molecule has 0 aliphatic carbocycles. The highest BCUT2D eigenvalue weighted by atomic mass is 35.5. The van der Waals surface area contributed by atoms with Crippen LogP contribution in [-0.2, 0) is 32.6 Å². The third kappa shape index (κ3) is 9.58. The highest BCUT2D eigenvalue weighted by Gasteiger charge is 2.35. The van der Waals surface area contributed by atoms with E-state index in [9.17, 15) is 28.1 Å². The van der Waals surface area contributed by atoms with Crippen LogP contribution < -0.4 is 14.4 Å². The molecule has 2 amide bonds. The Labute approximate surface area is 291 Å². The Morgan fingerprint density at radius 3 is 2.18 bits per heavy atom. The van der Waals surface area contributed by atoms with Crippen LogP contribution in [0.4, 0.5) is 11.4 Å². The summed E-state index contributed by atoms with van der Waals surface area (Å²) in [5, 5.41) is 15.2. The molecule has 0 bridgehead atoms. The van der Waals surface area contributed by atoms with Crippen LogP contribution in [0, 0.1) is 23.0 Å². The van der Waals surface area contributed by atoms with Gasteiger partial charge in [-0.15, -0.1) is 0 Å². The highest BCUT2D eigenvalue weighted by molar-refractivity contribution is 7.92. The quantitative estimate of drug-likeness (QED) is 0.115. The molecule has 0 spiro atoms. The van der Waals surface area contributed by atoms with E-state index in [1.54, 1.807) is 36.4 Å². The van der Waals surface area contributed by atoms with Crippen LogP contribution in [0.15, 0.2) is 102 Å². The number of rotatable bonds is 15. The predicted molar refractivity (Wildman–Crippen MR) is 189 cm³/mol. The number of nitrogens with zero attached hydrogens (tertiary/aromatic N) is 3. The van der Waals surface area contributed by atoms with E-state index < -0.39 is 39.3 Å². The summed E-state index contributed by atoms with van der Waals surface area (Å²) in [5.41, 5.74) is 1.48. The van der Waals surface area contributed by atoms with Crippen molar-refractivity contribution >= 4 is 44.8 Å². The van der Waals surface area contributed by atoms with Crippen molar-refractivity contribution in [3.63, 3.8) is 0 Å². The summed E-state index contributed by atoms with van der Waals surface area (Å²) in [7, 11) is -3.09. The Balaban J connectivity index is 1.83. The van der Waals surface area contributed by atoms with Gasteiger partial charge in [0, 0.05) is 36.2 Å². The number of amides is 2. The lowest BCUT2D eigenvalue weighted by atomic mass is 10.0. The Morgan fingerprint density at radius 1 is 0.939 bits per heavy atom. The summed E-state index contributed by atoms with van der Waals surface area (Å²) in [6.07, 6.45) is 0.156. The van der Waals surface area contributed by atoms with Gasteiger partial charge in [0.05, 0.1) is 22.6 Å². The van der Waals surface area contributed by atoms with Gasteiger partial charge in [-0.05, 0) is 66.4 Å². The number of ether oxygens (including phenoxy) is 1. The number of nitrogens with one attached hydrogen (secondary N) is 1. The first-order valence-corrected chi connectivity index (χ1v) is 17.4. The minimum Gasteiger partial charge on any atom is -0.497 e. The Bertz CT molecular complexity index is 1870. The van der Waals surface area contributed by atoms with Crippen LogP contribution in [0.1, 0.15) is 30.5 Å². The molecule has 0 unspecified atom stereocenters. The van der Waals surface area contributed by atoms with Crippen molar-refractivity contribution in [2.45, 2.75) is 44.7 Å². The Kier molecular flexibility index (Phi) is 12.4. The molecule has 0 aromatic heterocycles. The number of aryl methyl sites for hydroxylation is 1. The van der Waals surface area contributed by atoms with Crippen molar-refractivity contribution in [3.8, 4) is 5.75 Å². The first-order chi connectivity index (χ1) is 23.3. The van der Waals surface area contributed by atoms with E-state index in [2.05, 4.69) is 5.32 Å². The largest absolute Gasteiger partial charge is 0.497 e. The van der Waals surface area contributed by atoms with Gasteiger partial charge in [0.2, 0.25) is 11.8 Å². The standard InChI is InChI=1S/C36H39ClN4O7S/c1-25(2)22-38-36(43)34(20-27-8-6-5-7-9-27)39(23-28-11-13-29(37)14-12-28)35(42)24-40(30-15-17-31(48-4)18-16-30)49(46,47)32-19-10-26(3)33(21-32)41(44)45/h5-19,21,25,34H,20,22-24H2,1-4H3,(H,38,43)/t34-/m0/s1. The zero-order valence-electron chi connectivity index (χ0n) is 27.7. The maximum atomic E-state index is 14.6. The maximum absolute atomic E-state index is 14.6. The van der Waals surface area contributed by atoms with Gasteiger partial charge < -0.3 is 15.0 Å². The van der Waals surface area contributed by atoms with E-state index in [0.29, 0.717) is 22.9 Å². The van der Waals surface area contributed by atoms with Crippen molar-refractivity contribution < 1.29 is 27.7 Å². The zero-order valence-corrected chi connectivity index (χ0v) is 29.3. The minimum atomic E-state index is -4.56. The first kappa shape index (κ1) is 36.9. The van der Waals surface area contributed by atoms with Gasteiger partial charge in [0.15, 0.2) is 0 Å².